The fraction of sp³-hybridized carbons (Fsp3) is 0.222. The van der Waals surface area contributed by atoms with E-state index in [1.807, 2.05) is 6.92 Å². The van der Waals surface area contributed by atoms with Crippen LogP contribution in [-0.4, -0.2) is 34.9 Å². The molecular weight excluding hydrogens is 363 g/mol. The quantitative estimate of drug-likeness (QED) is 0.686. The molecule has 2 aromatic carbocycles. The highest BCUT2D eigenvalue weighted by Gasteiger charge is 2.12. The summed E-state index contributed by atoms with van der Waals surface area (Å²) in [4.78, 5) is 16.4. The van der Waals surface area contributed by atoms with E-state index in [9.17, 15) is 15.0 Å². The van der Waals surface area contributed by atoms with Crippen LogP contribution in [0.4, 0.5) is 0 Å². The number of carbonyl (C=O) groups excluding carboxylic acids is 1. The van der Waals surface area contributed by atoms with Crippen LogP contribution < -0.4 is 5.32 Å². The number of phenolic OH excluding ortho intramolecular Hbond substituents is 2. The summed E-state index contributed by atoms with van der Waals surface area (Å²) in [6.07, 6.45) is 1.45. The third kappa shape index (κ3) is 5.11. The van der Waals surface area contributed by atoms with Crippen LogP contribution in [0.2, 0.25) is 10.0 Å². The topological polar surface area (TPSA) is 81.9 Å². The Morgan fingerprint density at radius 3 is 2.68 bits per heavy atom. The molecule has 1 atom stereocenters. The van der Waals surface area contributed by atoms with Gasteiger partial charge in [0.05, 0.1) is 16.6 Å². The summed E-state index contributed by atoms with van der Waals surface area (Å²) in [6.45, 7) is 3.89. The normalized spacial score (nSPS) is 12.3. The molecule has 25 heavy (non-hydrogen) atoms. The zero-order valence-electron chi connectivity index (χ0n) is 13.8. The number of halogens is 2. The highest BCUT2D eigenvalue weighted by atomic mass is 35.5. The Hall–Kier alpha value is -2.24. The van der Waals surface area contributed by atoms with E-state index >= 15 is 0 Å². The lowest BCUT2D eigenvalue weighted by molar-refractivity contribution is 0.0949. The van der Waals surface area contributed by atoms with Gasteiger partial charge in [-0.25, -0.2) is 0 Å². The van der Waals surface area contributed by atoms with Crippen molar-refractivity contribution in [2.24, 2.45) is 4.99 Å². The van der Waals surface area contributed by atoms with E-state index in [4.69, 9.17) is 23.2 Å². The minimum atomic E-state index is -0.381. The Labute approximate surface area is 155 Å². The van der Waals surface area contributed by atoms with Gasteiger partial charge in [0.25, 0.3) is 5.91 Å². The summed E-state index contributed by atoms with van der Waals surface area (Å²) >= 11 is 11.8. The van der Waals surface area contributed by atoms with E-state index in [0.29, 0.717) is 10.6 Å². The summed E-state index contributed by atoms with van der Waals surface area (Å²) < 4.78 is 0. The average molecular weight is 381 g/mol. The fourth-order valence-corrected chi connectivity index (χ4v) is 2.62. The van der Waals surface area contributed by atoms with Gasteiger partial charge in [0.2, 0.25) is 0 Å². The zero-order chi connectivity index (χ0) is 18.6. The molecule has 0 spiro atoms. The van der Waals surface area contributed by atoms with Crippen LogP contribution in [0.15, 0.2) is 35.3 Å². The summed E-state index contributed by atoms with van der Waals surface area (Å²) in [6, 6.07) is 7.58. The van der Waals surface area contributed by atoms with E-state index in [-0.39, 0.29) is 40.6 Å². The standard InChI is InChI=1S/C18H18Cl2N2O3/c1-10-3-4-14(16(23)5-10)18(25)22-8-11(2)21-9-12-6-13(19)7-15(20)17(12)24/h3-7,9,11,23-24H,8H2,1-2H3,(H,22,25). The summed E-state index contributed by atoms with van der Waals surface area (Å²) in [5, 5.41) is 22.9. The van der Waals surface area contributed by atoms with Gasteiger partial charge >= 0.3 is 0 Å². The number of nitrogens with zero attached hydrogens (tertiary/aromatic N) is 1. The summed E-state index contributed by atoms with van der Waals surface area (Å²) in [5.41, 5.74) is 1.47. The molecule has 0 aliphatic rings. The van der Waals surface area contributed by atoms with Crippen LogP contribution in [0.1, 0.15) is 28.4 Å². The van der Waals surface area contributed by atoms with Crippen molar-refractivity contribution in [3.05, 3.63) is 57.1 Å². The van der Waals surface area contributed by atoms with E-state index in [1.165, 1.54) is 18.3 Å². The van der Waals surface area contributed by atoms with Crippen molar-refractivity contribution in [3.63, 3.8) is 0 Å². The van der Waals surface area contributed by atoms with Crippen LogP contribution in [0.3, 0.4) is 0 Å². The minimum Gasteiger partial charge on any atom is -0.507 e. The number of carbonyl (C=O) groups is 1. The lowest BCUT2D eigenvalue weighted by atomic mass is 10.1. The smallest absolute Gasteiger partial charge is 0.255 e. The van der Waals surface area contributed by atoms with Crippen LogP contribution >= 0.6 is 23.2 Å². The van der Waals surface area contributed by atoms with Gasteiger partial charge < -0.3 is 15.5 Å². The van der Waals surface area contributed by atoms with Crippen molar-refractivity contribution in [2.45, 2.75) is 19.9 Å². The number of phenols is 2. The number of aromatic hydroxyl groups is 2. The average Bonchev–Trinajstić information content (AvgIpc) is 2.54. The third-order valence-electron chi connectivity index (χ3n) is 3.48. The molecule has 132 valence electrons. The maximum atomic E-state index is 12.1. The second kappa shape index (κ2) is 8.23. The number of aliphatic imine (C=N–C) groups is 1. The molecule has 0 saturated heterocycles. The van der Waals surface area contributed by atoms with Crippen molar-refractivity contribution in [1.29, 1.82) is 0 Å². The molecule has 7 heteroatoms. The number of hydrogen-bond donors (Lipinski definition) is 3. The predicted octanol–water partition coefficient (Wildman–Crippen LogP) is 3.95. The molecule has 0 heterocycles. The first-order valence-corrected chi connectivity index (χ1v) is 8.32. The van der Waals surface area contributed by atoms with Crippen LogP contribution in [0, 0.1) is 6.92 Å². The highest BCUT2D eigenvalue weighted by molar-refractivity contribution is 6.36. The van der Waals surface area contributed by atoms with Crippen molar-refractivity contribution >= 4 is 35.3 Å². The number of amides is 1. The van der Waals surface area contributed by atoms with Gasteiger partial charge in [-0.05, 0) is 43.7 Å². The molecule has 0 fully saturated rings. The molecule has 0 aliphatic heterocycles. The molecule has 2 rings (SSSR count). The Bertz CT molecular complexity index is 822. The monoisotopic (exact) mass is 380 g/mol. The summed E-state index contributed by atoms with van der Waals surface area (Å²) in [7, 11) is 0. The number of benzene rings is 2. The van der Waals surface area contributed by atoms with Crippen LogP contribution in [0.25, 0.3) is 0 Å². The number of nitrogens with one attached hydrogen (secondary N) is 1. The molecule has 0 bridgehead atoms. The minimum absolute atomic E-state index is 0.0628. The van der Waals surface area contributed by atoms with Gasteiger partial charge in [-0.2, -0.15) is 0 Å². The second-order valence-electron chi connectivity index (χ2n) is 5.68. The van der Waals surface area contributed by atoms with Crippen LogP contribution in [-0.2, 0) is 0 Å². The van der Waals surface area contributed by atoms with E-state index in [0.717, 1.165) is 5.56 Å². The van der Waals surface area contributed by atoms with Gasteiger partial charge in [-0.15, -0.1) is 0 Å². The van der Waals surface area contributed by atoms with E-state index in [2.05, 4.69) is 10.3 Å². The fourth-order valence-electron chi connectivity index (χ4n) is 2.11. The largest absolute Gasteiger partial charge is 0.507 e. The molecule has 0 radical (unpaired) electrons. The predicted molar refractivity (Wildman–Crippen MR) is 100 cm³/mol. The van der Waals surface area contributed by atoms with Crippen LogP contribution in [0.5, 0.6) is 11.5 Å². The maximum absolute atomic E-state index is 12.1. The molecule has 0 aliphatic carbocycles. The first-order valence-electron chi connectivity index (χ1n) is 7.57. The Kier molecular flexibility index (Phi) is 6.28. The van der Waals surface area contributed by atoms with Gasteiger partial charge in [0, 0.05) is 23.3 Å². The van der Waals surface area contributed by atoms with Gasteiger partial charge in [-0.3, -0.25) is 9.79 Å². The molecule has 1 amide bonds. The molecule has 3 N–H and O–H groups in total. The van der Waals surface area contributed by atoms with E-state index < -0.39 is 0 Å². The first-order chi connectivity index (χ1) is 11.8. The Morgan fingerprint density at radius 2 is 2.00 bits per heavy atom. The SMILES string of the molecule is Cc1ccc(C(=O)NCC(C)N=Cc2cc(Cl)cc(Cl)c2O)c(O)c1. The zero-order valence-corrected chi connectivity index (χ0v) is 15.3. The van der Waals surface area contributed by atoms with Crippen molar-refractivity contribution < 1.29 is 15.0 Å². The Balaban J connectivity index is 1.98. The van der Waals surface area contributed by atoms with Crippen molar-refractivity contribution in [1.82, 2.24) is 5.32 Å². The van der Waals surface area contributed by atoms with Gasteiger partial charge in [0.1, 0.15) is 11.5 Å². The second-order valence-corrected chi connectivity index (χ2v) is 6.53. The molecule has 0 aromatic heterocycles. The maximum Gasteiger partial charge on any atom is 0.255 e. The third-order valence-corrected chi connectivity index (χ3v) is 3.99. The van der Waals surface area contributed by atoms with E-state index in [1.54, 1.807) is 25.1 Å². The lowest BCUT2D eigenvalue weighted by Gasteiger charge is -2.10. The number of aryl methyl sites for hydroxylation is 1. The van der Waals surface area contributed by atoms with Gasteiger partial charge in [0.15, 0.2) is 0 Å². The summed E-state index contributed by atoms with van der Waals surface area (Å²) in [5.74, 6) is -0.545. The lowest BCUT2D eigenvalue weighted by Crippen LogP contribution is -2.30. The molecule has 2 aromatic rings. The Morgan fingerprint density at radius 1 is 1.28 bits per heavy atom. The highest BCUT2D eigenvalue weighted by Crippen LogP contribution is 2.30. The van der Waals surface area contributed by atoms with Crippen molar-refractivity contribution in [2.75, 3.05) is 6.54 Å². The molecule has 1 unspecified atom stereocenters. The molecular formula is C18H18Cl2N2O3. The van der Waals surface area contributed by atoms with Crippen molar-refractivity contribution in [3.8, 4) is 11.5 Å². The number of hydrogen-bond acceptors (Lipinski definition) is 4. The molecule has 5 nitrogen and oxygen atoms in total. The molecule has 0 saturated carbocycles. The first kappa shape index (κ1) is 19.1. The number of rotatable bonds is 5. The van der Waals surface area contributed by atoms with Gasteiger partial charge in [-0.1, -0.05) is 29.3 Å².